The van der Waals surface area contributed by atoms with Crippen LogP contribution in [0.25, 0.3) is 11.6 Å². The van der Waals surface area contributed by atoms with E-state index in [0.717, 1.165) is 66.2 Å². The highest BCUT2D eigenvalue weighted by molar-refractivity contribution is 5.82. The van der Waals surface area contributed by atoms with Crippen LogP contribution in [-0.4, -0.2) is 48.6 Å². The number of piperidine rings is 1. The van der Waals surface area contributed by atoms with Gasteiger partial charge >= 0.3 is 0 Å². The quantitative estimate of drug-likeness (QED) is 0.132. The van der Waals surface area contributed by atoms with Crippen LogP contribution >= 0.6 is 0 Å². The van der Waals surface area contributed by atoms with Crippen molar-refractivity contribution in [3.05, 3.63) is 70.8 Å². The smallest absolute Gasteiger partial charge is 0.196 e. The Kier molecular flexibility index (Phi) is 15.7. The number of pyridine rings is 1. The maximum absolute atomic E-state index is 12.2. The fraction of sp³-hybridized carbons (Fsp3) is 0.486. The number of aryl methyl sites for hydroxylation is 1. The molecule has 3 N–H and O–H groups in total. The van der Waals surface area contributed by atoms with Crippen molar-refractivity contribution in [1.82, 2.24) is 9.88 Å². The molecule has 2 aromatic rings. The average molecular weight is 618 g/mol. The molecule has 0 bridgehead atoms. The molecule has 1 fully saturated rings. The van der Waals surface area contributed by atoms with Gasteiger partial charge in [0.1, 0.15) is 11.5 Å². The van der Waals surface area contributed by atoms with E-state index in [1.165, 1.54) is 17.5 Å². The van der Waals surface area contributed by atoms with Crippen molar-refractivity contribution in [2.45, 2.75) is 87.0 Å². The van der Waals surface area contributed by atoms with Crippen molar-refractivity contribution < 1.29 is 14.4 Å². The molecule has 0 saturated carbocycles. The number of hydrogen-bond acceptors (Lipinski definition) is 8. The zero-order chi connectivity index (χ0) is 33.5. The van der Waals surface area contributed by atoms with E-state index < -0.39 is 0 Å². The Hall–Kier alpha value is -3.75. The minimum absolute atomic E-state index is 0.0859. The molecular formula is C37H55N5O3. The summed E-state index contributed by atoms with van der Waals surface area (Å²) in [4.78, 5) is 29.0. The van der Waals surface area contributed by atoms with Gasteiger partial charge < -0.3 is 14.9 Å². The van der Waals surface area contributed by atoms with Gasteiger partial charge in [-0.25, -0.2) is 4.98 Å². The summed E-state index contributed by atoms with van der Waals surface area (Å²) >= 11 is 0. The van der Waals surface area contributed by atoms with Gasteiger partial charge in [0.2, 0.25) is 0 Å². The van der Waals surface area contributed by atoms with Crippen LogP contribution < -0.4 is 16.1 Å². The molecule has 0 spiro atoms. The number of aromatic nitrogens is 1. The minimum atomic E-state index is 0.0859. The van der Waals surface area contributed by atoms with Crippen LogP contribution in [0.3, 0.4) is 0 Å². The summed E-state index contributed by atoms with van der Waals surface area (Å²) < 4.78 is 5.44. The number of likely N-dealkylation sites (tertiary alicyclic amines) is 1. The summed E-state index contributed by atoms with van der Waals surface area (Å²) in [6, 6.07) is 8.27. The van der Waals surface area contributed by atoms with Crippen molar-refractivity contribution in [1.29, 1.82) is 0 Å². The lowest BCUT2D eigenvalue weighted by molar-refractivity contribution is -0.123. The van der Waals surface area contributed by atoms with Gasteiger partial charge in [-0.15, -0.1) is 0 Å². The van der Waals surface area contributed by atoms with Crippen LogP contribution in [0.15, 0.2) is 53.4 Å². The summed E-state index contributed by atoms with van der Waals surface area (Å²) in [5.74, 6) is 8.22. The van der Waals surface area contributed by atoms with E-state index in [1.807, 2.05) is 33.8 Å². The van der Waals surface area contributed by atoms with E-state index in [4.69, 9.17) is 20.5 Å². The average Bonchev–Trinajstić information content (AvgIpc) is 3.03. The molecule has 0 radical (unpaired) electrons. The highest BCUT2D eigenvalue weighted by Gasteiger charge is 2.24. The molecule has 8 heteroatoms. The number of benzene rings is 1. The second-order valence-corrected chi connectivity index (χ2v) is 12.0. The highest BCUT2D eigenvalue weighted by Crippen LogP contribution is 2.35. The normalized spacial score (nSPS) is 15.0. The van der Waals surface area contributed by atoms with Gasteiger partial charge in [-0.05, 0) is 99.5 Å². The molecule has 0 unspecified atom stereocenters. The largest absolute Gasteiger partial charge is 0.495 e. The number of ether oxygens (including phenoxy) is 1. The first-order valence-corrected chi connectivity index (χ1v) is 16.1. The van der Waals surface area contributed by atoms with E-state index in [9.17, 15) is 4.79 Å². The lowest BCUT2D eigenvalue weighted by atomic mass is 9.86. The number of anilines is 2. The Morgan fingerprint density at radius 3 is 2.40 bits per heavy atom. The number of nitrogens with two attached hydrogens (primary N) is 1. The Balaban J connectivity index is 0.00000226. The van der Waals surface area contributed by atoms with Crippen molar-refractivity contribution in [3.8, 4) is 5.75 Å². The first-order valence-electron chi connectivity index (χ1n) is 16.1. The molecule has 1 aliphatic heterocycles. The summed E-state index contributed by atoms with van der Waals surface area (Å²) in [6.07, 6.45) is 9.40. The molecule has 3 rings (SSSR count). The second-order valence-electron chi connectivity index (χ2n) is 12.0. The number of hydrogen-bond donors (Lipinski definition) is 2. The van der Waals surface area contributed by atoms with Gasteiger partial charge in [0.15, 0.2) is 11.6 Å². The molecule has 1 aromatic heterocycles. The third-order valence-electron chi connectivity index (χ3n) is 7.96. The third-order valence-corrected chi connectivity index (χ3v) is 7.96. The number of carbonyl (C=O) groups is 1. The molecule has 0 amide bonds. The SMILES string of the molecule is C=Cc1cc(/C(C)=C/N=CC(OC)=C(C)CC)nc(Nc2ccc(C3CCN(CC(=O)C(C)C)CC3)c(C)c2)c1ON.CCC. The molecule has 1 aromatic carbocycles. The van der Waals surface area contributed by atoms with E-state index in [1.54, 1.807) is 25.6 Å². The van der Waals surface area contributed by atoms with Gasteiger partial charge in [-0.2, -0.15) is 5.90 Å². The number of carbonyl (C=O) groups excluding carboxylic acids is 1. The third kappa shape index (κ3) is 11.0. The number of methoxy groups -OCH3 is 1. The van der Waals surface area contributed by atoms with Crippen LogP contribution in [0.1, 0.15) is 102 Å². The lowest BCUT2D eigenvalue weighted by Crippen LogP contribution is -2.38. The topological polar surface area (TPSA) is 102 Å². The number of nitrogens with zero attached hydrogens (tertiary/aromatic N) is 3. The number of Topliss-reactive ketones (excluding diaryl/α,β-unsaturated/α-hetero) is 1. The fourth-order valence-electron chi connectivity index (χ4n) is 5.06. The highest BCUT2D eigenvalue weighted by atomic mass is 16.6. The van der Waals surface area contributed by atoms with Gasteiger partial charge in [0, 0.05) is 23.4 Å². The molecule has 8 nitrogen and oxygen atoms in total. The number of ketones is 1. The van der Waals surface area contributed by atoms with E-state index in [0.29, 0.717) is 29.8 Å². The van der Waals surface area contributed by atoms with Gasteiger partial charge in [-0.1, -0.05) is 59.8 Å². The zero-order valence-electron chi connectivity index (χ0n) is 29.0. The van der Waals surface area contributed by atoms with Crippen molar-refractivity contribution in [2.24, 2.45) is 16.8 Å². The Morgan fingerprint density at radius 2 is 1.87 bits per heavy atom. The first-order chi connectivity index (χ1) is 21.5. The van der Waals surface area contributed by atoms with Crippen molar-refractivity contribution >= 4 is 35.2 Å². The van der Waals surface area contributed by atoms with E-state index in [2.05, 4.69) is 67.7 Å². The van der Waals surface area contributed by atoms with Gasteiger partial charge in [-0.3, -0.25) is 14.7 Å². The Bertz CT molecular complexity index is 1370. The number of rotatable bonds is 13. The predicted molar refractivity (Wildman–Crippen MR) is 190 cm³/mol. The van der Waals surface area contributed by atoms with Crippen molar-refractivity contribution in [2.75, 3.05) is 32.1 Å². The second kappa shape index (κ2) is 18.9. The summed E-state index contributed by atoms with van der Waals surface area (Å²) in [5, 5.41) is 3.41. The van der Waals surface area contributed by atoms with E-state index >= 15 is 0 Å². The molecule has 0 aliphatic carbocycles. The maximum atomic E-state index is 12.2. The molecule has 1 saturated heterocycles. The first kappa shape index (κ1) is 37.4. The summed E-state index contributed by atoms with van der Waals surface area (Å²) in [7, 11) is 1.65. The van der Waals surface area contributed by atoms with E-state index in [-0.39, 0.29) is 5.92 Å². The fourth-order valence-corrected chi connectivity index (χ4v) is 5.06. The van der Waals surface area contributed by atoms with Crippen LogP contribution in [0.2, 0.25) is 0 Å². The lowest BCUT2D eigenvalue weighted by Gasteiger charge is -2.32. The standard InChI is InChI=1S/C34H47N5O3.C3H8/c1-9-23(5)32(41-8)20-36-19-25(7)30-18-26(10-2)33(42-35)34(38-30)37-28-11-12-29(24(6)17-28)27-13-15-39(16-14-27)21-31(40)22(3)4;1-3-2/h10-12,17-20,22,27H,2,9,13-16,21,35H2,1,3-8H3,(H,37,38);3H2,1-2H3/b25-19+,32-23?,36-20?;. The molecule has 246 valence electrons. The number of nitrogens with one attached hydrogen (secondary N) is 1. The van der Waals surface area contributed by atoms with Crippen LogP contribution in [0.4, 0.5) is 11.5 Å². The number of aliphatic imine (C=N–C) groups is 1. The number of allylic oxidation sites excluding steroid dienone is 3. The molecule has 0 atom stereocenters. The summed E-state index contributed by atoms with van der Waals surface area (Å²) in [5.41, 5.74) is 6.87. The Morgan fingerprint density at radius 1 is 1.20 bits per heavy atom. The van der Waals surface area contributed by atoms with Crippen LogP contribution in [0.5, 0.6) is 5.75 Å². The molecule has 2 heterocycles. The minimum Gasteiger partial charge on any atom is -0.495 e. The van der Waals surface area contributed by atoms with Crippen LogP contribution in [0, 0.1) is 12.8 Å². The molecule has 1 aliphatic rings. The Labute approximate surface area is 271 Å². The van der Waals surface area contributed by atoms with Gasteiger partial charge in [0.25, 0.3) is 0 Å². The van der Waals surface area contributed by atoms with Crippen molar-refractivity contribution in [3.63, 3.8) is 0 Å². The zero-order valence-corrected chi connectivity index (χ0v) is 29.0. The monoisotopic (exact) mass is 617 g/mol. The van der Waals surface area contributed by atoms with Gasteiger partial charge in [0.05, 0.1) is 25.6 Å². The van der Waals surface area contributed by atoms with Crippen LogP contribution in [-0.2, 0) is 9.53 Å². The predicted octanol–water partition coefficient (Wildman–Crippen LogP) is 8.61. The molecule has 45 heavy (non-hydrogen) atoms. The summed E-state index contributed by atoms with van der Waals surface area (Å²) in [6.45, 7) is 22.8. The maximum Gasteiger partial charge on any atom is 0.196 e. The molecular weight excluding hydrogens is 562 g/mol.